The normalized spacial score (nSPS) is 17.7. The number of aryl methyl sites for hydroxylation is 3. The molecule has 0 fully saturated rings. The predicted molar refractivity (Wildman–Crippen MR) is 87.8 cm³/mol. The Labute approximate surface area is 136 Å². The highest BCUT2D eigenvalue weighted by Crippen LogP contribution is 2.19. The van der Waals surface area contributed by atoms with Gasteiger partial charge in [-0.05, 0) is 37.0 Å². The maximum Gasteiger partial charge on any atom is 0.223 e. The van der Waals surface area contributed by atoms with Crippen LogP contribution in [0.4, 0.5) is 0 Å². The van der Waals surface area contributed by atoms with Crippen molar-refractivity contribution >= 4 is 5.91 Å². The van der Waals surface area contributed by atoms with Crippen molar-refractivity contribution in [2.75, 3.05) is 6.61 Å². The van der Waals surface area contributed by atoms with Crippen molar-refractivity contribution < 1.29 is 9.90 Å². The number of benzene rings is 1. The summed E-state index contributed by atoms with van der Waals surface area (Å²) in [6.07, 6.45) is 3.71. The molecule has 0 spiro atoms. The van der Waals surface area contributed by atoms with Crippen LogP contribution in [0.3, 0.4) is 0 Å². The second-order valence-corrected chi connectivity index (χ2v) is 6.12. The highest BCUT2D eigenvalue weighted by atomic mass is 16.3. The molecule has 1 aromatic heterocycles. The zero-order valence-corrected chi connectivity index (χ0v) is 13.5. The fourth-order valence-corrected chi connectivity index (χ4v) is 3.18. The number of rotatable bonds is 4. The first-order valence-electron chi connectivity index (χ1n) is 8.14. The smallest absolute Gasteiger partial charge is 0.223 e. The lowest BCUT2D eigenvalue weighted by atomic mass is 10.0. The van der Waals surface area contributed by atoms with E-state index in [0.717, 1.165) is 25.1 Å². The van der Waals surface area contributed by atoms with Crippen molar-refractivity contribution in [1.82, 2.24) is 14.7 Å². The first-order valence-corrected chi connectivity index (χ1v) is 8.14. The van der Waals surface area contributed by atoms with Crippen molar-refractivity contribution in [3.05, 3.63) is 53.3 Å². The average molecular weight is 313 g/mol. The number of carbonyl (C=O) groups is 1. The van der Waals surface area contributed by atoms with Gasteiger partial charge in [-0.15, -0.1) is 0 Å². The highest BCUT2D eigenvalue weighted by molar-refractivity contribution is 5.77. The minimum absolute atomic E-state index is 0.000932. The molecular formula is C18H23N3O2. The summed E-state index contributed by atoms with van der Waals surface area (Å²) in [5.41, 5.74) is 3.46. The van der Waals surface area contributed by atoms with Crippen molar-refractivity contribution in [3.63, 3.8) is 0 Å². The Kier molecular flexibility index (Phi) is 4.76. The Bertz CT molecular complexity index is 680. The van der Waals surface area contributed by atoms with Gasteiger partial charge in [0.1, 0.15) is 0 Å². The van der Waals surface area contributed by atoms with E-state index in [0.29, 0.717) is 13.0 Å². The van der Waals surface area contributed by atoms with Crippen LogP contribution in [0.15, 0.2) is 36.5 Å². The molecule has 0 radical (unpaired) electrons. The van der Waals surface area contributed by atoms with Crippen LogP contribution < -0.4 is 0 Å². The number of amides is 1. The summed E-state index contributed by atoms with van der Waals surface area (Å²) in [6, 6.07) is 9.99. The number of hydrogen-bond donors (Lipinski definition) is 1. The molecule has 0 aliphatic carbocycles. The van der Waals surface area contributed by atoms with Gasteiger partial charge in [-0.2, -0.15) is 5.10 Å². The molecule has 0 bridgehead atoms. The second kappa shape index (κ2) is 6.96. The molecule has 122 valence electrons. The fourth-order valence-electron chi connectivity index (χ4n) is 3.18. The zero-order chi connectivity index (χ0) is 16.2. The SMILES string of the molecule is Cc1ccccc1CCC(=O)N1Cc2ccnn2CC[C@@H]1CO. The lowest BCUT2D eigenvalue weighted by Gasteiger charge is -2.28. The molecule has 5 heteroatoms. The van der Waals surface area contributed by atoms with Gasteiger partial charge in [0.2, 0.25) is 5.91 Å². The Hall–Kier alpha value is -2.14. The lowest BCUT2D eigenvalue weighted by Crippen LogP contribution is -2.41. The van der Waals surface area contributed by atoms with Gasteiger partial charge in [0.15, 0.2) is 0 Å². The average Bonchev–Trinajstić information content (AvgIpc) is 2.93. The maximum absolute atomic E-state index is 12.7. The quantitative estimate of drug-likeness (QED) is 0.938. The van der Waals surface area contributed by atoms with Crippen LogP contribution in [0.1, 0.15) is 29.7 Å². The van der Waals surface area contributed by atoms with Crippen LogP contribution in [0.25, 0.3) is 0 Å². The standard InChI is InChI=1S/C18H23N3O2/c1-14-4-2-3-5-15(14)6-7-18(23)20-12-16-8-10-19-21(16)11-9-17(20)13-22/h2-5,8,10,17,22H,6-7,9,11-13H2,1H3/t17-/m1/s1. The molecule has 2 heterocycles. The molecular weight excluding hydrogens is 290 g/mol. The van der Waals surface area contributed by atoms with Crippen molar-refractivity contribution in [2.45, 2.75) is 45.3 Å². The second-order valence-electron chi connectivity index (χ2n) is 6.12. The molecule has 1 aliphatic heterocycles. The van der Waals surface area contributed by atoms with Crippen LogP contribution >= 0.6 is 0 Å². The van der Waals surface area contributed by atoms with E-state index in [-0.39, 0.29) is 18.6 Å². The van der Waals surface area contributed by atoms with Crippen LogP contribution in [0, 0.1) is 6.92 Å². The monoisotopic (exact) mass is 313 g/mol. The van der Waals surface area contributed by atoms with Gasteiger partial charge < -0.3 is 10.0 Å². The van der Waals surface area contributed by atoms with Crippen LogP contribution in [0.2, 0.25) is 0 Å². The van der Waals surface area contributed by atoms with Crippen LogP contribution in [-0.2, 0) is 24.3 Å². The van der Waals surface area contributed by atoms with E-state index in [4.69, 9.17) is 0 Å². The first-order chi connectivity index (χ1) is 11.2. The molecule has 2 aromatic rings. The van der Waals surface area contributed by atoms with Gasteiger partial charge in [0, 0.05) is 19.2 Å². The third-order valence-corrected chi connectivity index (χ3v) is 4.65. The number of aromatic nitrogens is 2. The molecule has 1 aliphatic rings. The molecule has 3 rings (SSSR count). The summed E-state index contributed by atoms with van der Waals surface area (Å²) >= 11 is 0. The van der Waals surface area contributed by atoms with E-state index < -0.39 is 0 Å². The van der Waals surface area contributed by atoms with Crippen LogP contribution in [-0.4, -0.2) is 38.3 Å². The van der Waals surface area contributed by atoms with Gasteiger partial charge in [0.05, 0.1) is 24.9 Å². The first kappa shape index (κ1) is 15.7. The number of aliphatic hydroxyl groups is 1. The van der Waals surface area contributed by atoms with Gasteiger partial charge in [-0.25, -0.2) is 0 Å². The number of carbonyl (C=O) groups excluding carboxylic acids is 1. The Morgan fingerprint density at radius 3 is 2.96 bits per heavy atom. The summed E-state index contributed by atoms with van der Waals surface area (Å²) in [4.78, 5) is 14.5. The summed E-state index contributed by atoms with van der Waals surface area (Å²) in [6.45, 7) is 3.34. The fraction of sp³-hybridized carbons (Fsp3) is 0.444. The largest absolute Gasteiger partial charge is 0.394 e. The molecule has 0 saturated heterocycles. The summed E-state index contributed by atoms with van der Waals surface area (Å²) < 4.78 is 1.93. The van der Waals surface area contributed by atoms with Gasteiger partial charge in [0.25, 0.3) is 0 Å². The van der Waals surface area contributed by atoms with Crippen LogP contribution in [0.5, 0.6) is 0 Å². The summed E-state index contributed by atoms with van der Waals surface area (Å²) in [5, 5.41) is 13.9. The number of aliphatic hydroxyl groups excluding tert-OH is 1. The van der Waals surface area contributed by atoms with E-state index in [2.05, 4.69) is 24.2 Å². The predicted octanol–water partition coefficient (Wildman–Crippen LogP) is 1.92. The maximum atomic E-state index is 12.7. The Balaban J connectivity index is 1.70. The Morgan fingerprint density at radius 2 is 2.17 bits per heavy atom. The van der Waals surface area contributed by atoms with E-state index in [9.17, 15) is 9.90 Å². The third kappa shape index (κ3) is 3.45. The van der Waals surface area contributed by atoms with E-state index in [1.165, 1.54) is 11.1 Å². The topological polar surface area (TPSA) is 58.4 Å². The van der Waals surface area contributed by atoms with E-state index in [1.54, 1.807) is 6.20 Å². The molecule has 0 saturated carbocycles. The van der Waals surface area contributed by atoms with E-state index in [1.807, 2.05) is 27.8 Å². The summed E-state index contributed by atoms with van der Waals surface area (Å²) in [5.74, 6) is 0.0990. The molecule has 5 nitrogen and oxygen atoms in total. The highest BCUT2D eigenvalue weighted by Gasteiger charge is 2.27. The van der Waals surface area contributed by atoms with Crippen molar-refractivity contribution in [1.29, 1.82) is 0 Å². The minimum Gasteiger partial charge on any atom is -0.394 e. The van der Waals surface area contributed by atoms with E-state index >= 15 is 0 Å². The molecule has 1 atom stereocenters. The van der Waals surface area contributed by atoms with Crippen molar-refractivity contribution in [2.24, 2.45) is 0 Å². The van der Waals surface area contributed by atoms with Gasteiger partial charge in [-0.3, -0.25) is 9.48 Å². The number of fused-ring (bicyclic) bond motifs is 1. The number of nitrogens with zero attached hydrogens (tertiary/aromatic N) is 3. The lowest BCUT2D eigenvalue weighted by molar-refractivity contribution is -0.135. The molecule has 1 amide bonds. The summed E-state index contributed by atoms with van der Waals surface area (Å²) in [7, 11) is 0. The Morgan fingerprint density at radius 1 is 1.35 bits per heavy atom. The van der Waals surface area contributed by atoms with Gasteiger partial charge in [-0.1, -0.05) is 24.3 Å². The minimum atomic E-state index is -0.124. The zero-order valence-electron chi connectivity index (χ0n) is 13.5. The molecule has 23 heavy (non-hydrogen) atoms. The molecule has 0 unspecified atom stereocenters. The van der Waals surface area contributed by atoms with Crippen molar-refractivity contribution in [3.8, 4) is 0 Å². The third-order valence-electron chi connectivity index (χ3n) is 4.65. The molecule has 1 N–H and O–H groups in total. The number of hydrogen-bond acceptors (Lipinski definition) is 3. The molecule has 1 aromatic carbocycles. The van der Waals surface area contributed by atoms with Gasteiger partial charge >= 0.3 is 0 Å².